The molecule has 1 heterocycles. The highest BCUT2D eigenvalue weighted by Crippen LogP contribution is 2.31. The molecule has 4 heteroatoms. The van der Waals surface area contributed by atoms with Crippen molar-refractivity contribution in [1.29, 1.82) is 0 Å². The highest BCUT2D eigenvalue weighted by molar-refractivity contribution is 6.30. The molecule has 0 aromatic heterocycles. The Bertz CT molecular complexity index is 572. The van der Waals surface area contributed by atoms with Crippen LogP contribution < -0.4 is 5.32 Å². The molecule has 3 rings (SSSR count). The first-order valence-electron chi connectivity index (χ1n) is 10.4. The Kier molecular flexibility index (Phi) is 6.86. The van der Waals surface area contributed by atoms with E-state index in [1.54, 1.807) is 0 Å². The number of benzene rings is 1. The van der Waals surface area contributed by atoms with Gasteiger partial charge in [-0.2, -0.15) is 0 Å². The van der Waals surface area contributed by atoms with Crippen molar-refractivity contribution < 1.29 is 4.79 Å². The van der Waals surface area contributed by atoms with Crippen LogP contribution in [0.1, 0.15) is 58.8 Å². The highest BCUT2D eigenvalue weighted by Gasteiger charge is 2.34. The molecule has 0 spiro atoms. The number of carbonyl (C=O) groups excluding carboxylic acids is 1. The van der Waals surface area contributed by atoms with Gasteiger partial charge in [-0.05, 0) is 67.7 Å². The Hall–Kier alpha value is -1.22. The highest BCUT2D eigenvalue weighted by atomic mass is 35.5. The summed E-state index contributed by atoms with van der Waals surface area (Å²) in [6.07, 6.45) is 8.37. The van der Waals surface area contributed by atoms with Crippen molar-refractivity contribution in [3.05, 3.63) is 29.3 Å². The van der Waals surface area contributed by atoms with Crippen molar-refractivity contribution in [2.45, 2.75) is 64.8 Å². The van der Waals surface area contributed by atoms with Crippen molar-refractivity contribution >= 4 is 23.2 Å². The van der Waals surface area contributed by atoms with E-state index in [-0.39, 0.29) is 6.04 Å². The minimum absolute atomic E-state index is 0.105. The first-order chi connectivity index (χ1) is 12.5. The first-order valence-corrected chi connectivity index (χ1v) is 10.7. The molecule has 1 aromatic carbocycles. The molecule has 1 atom stereocenters. The number of anilines is 1. The standard InChI is InChI=1S/C22H33ClN2O/c1-16(2)17-12-14-25(15-13-17)22(26)21(18-6-4-3-5-7-18)24-20-10-8-19(23)9-11-20/h8-11,16-18,21,24H,3-7,12-15H2,1-2H3/t21-/m0/s1. The number of hydrogen-bond acceptors (Lipinski definition) is 2. The fraction of sp³-hybridized carbons (Fsp3) is 0.682. The van der Waals surface area contributed by atoms with E-state index < -0.39 is 0 Å². The summed E-state index contributed by atoms with van der Waals surface area (Å²) in [7, 11) is 0. The maximum Gasteiger partial charge on any atom is 0.245 e. The van der Waals surface area contributed by atoms with Gasteiger partial charge in [0.15, 0.2) is 0 Å². The third kappa shape index (κ3) is 4.94. The summed E-state index contributed by atoms with van der Waals surface area (Å²) in [5.74, 6) is 2.22. The van der Waals surface area contributed by atoms with E-state index in [9.17, 15) is 4.79 Å². The first kappa shape index (κ1) is 19.5. The Morgan fingerprint density at radius 2 is 1.62 bits per heavy atom. The quantitative estimate of drug-likeness (QED) is 0.725. The van der Waals surface area contributed by atoms with Crippen LogP contribution in [-0.4, -0.2) is 29.9 Å². The molecule has 2 fully saturated rings. The molecule has 2 aliphatic rings. The van der Waals surface area contributed by atoms with Crippen LogP contribution in [0.15, 0.2) is 24.3 Å². The van der Waals surface area contributed by atoms with Crippen molar-refractivity contribution in [1.82, 2.24) is 4.90 Å². The Morgan fingerprint density at radius 3 is 2.19 bits per heavy atom. The van der Waals surface area contributed by atoms with Gasteiger partial charge in [-0.3, -0.25) is 4.79 Å². The predicted octanol–water partition coefficient (Wildman–Crippen LogP) is 5.60. The van der Waals surface area contributed by atoms with Crippen LogP contribution >= 0.6 is 11.6 Å². The molecule has 1 amide bonds. The zero-order valence-electron chi connectivity index (χ0n) is 16.2. The lowest BCUT2D eigenvalue weighted by Crippen LogP contribution is -2.50. The second-order valence-electron chi connectivity index (χ2n) is 8.43. The van der Waals surface area contributed by atoms with Gasteiger partial charge in [0.1, 0.15) is 6.04 Å². The van der Waals surface area contributed by atoms with Crippen LogP contribution in [-0.2, 0) is 4.79 Å². The van der Waals surface area contributed by atoms with Gasteiger partial charge in [0.05, 0.1) is 0 Å². The van der Waals surface area contributed by atoms with E-state index in [2.05, 4.69) is 24.1 Å². The number of halogens is 1. The van der Waals surface area contributed by atoms with Gasteiger partial charge in [-0.1, -0.05) is 44.7 Å². The Labute approximate surface area is 163 Å². The summed E-state index contributed by atoms with van der Waals surface area (Å²) >= 11 is 6.02. The van der Waals surface area contributed by atoms with Gasteiger partial charge in [0.2, 0.25) is 5.91 Å². The topological polar surface area (TPSA) is 32.3 Å². The molecule has 1 saturated heterocycles. The third-order valence-electron chi connectivity index (χ3n) is 6.35. The SMILES string of the molecule is CC(C)C1CCN(C(=O)[C@@H](Nc2ccc(Cl)cc2)C2CCCCC2)CC1. The van der Waals surface area contributed by atoms with Crippen molar-refractivity contribution in [2.75, 3.05) is 18.4 Å². The van der Waals surface area contributed by atoms with Gasteiger partial charge in [-0.25, -0.2) is 0 Å². The molecule has 1 aromatic rings. The zero-order valence-corrected chi connectivity index (χ0v) is 17.0. The zero-order chi connectivity index (χ0) is 18.5. The number of rotatable bonds is 5. The maximum atomic E-state index is 13.4. The summed E-state index contributed by atoms with van der Waals surface area (Å²) in [5.41, 5.74) is 0.996. The number of hydrogen-bond donors (Lipinski definition) is 1. The Balaban J connectivity index is 1.70. The van der Waals surface area contributed by atoms with Crippen LogP contribution in [0, 0.1) is 17.8 Å². The van der Waals surface area contributed by atoms with E-state index >= 15 is 0 Å². The number of amides is 1. The van der Waals surface area contributed by atoms with E-state index in [1.807, 2.05) is 24.3 Å². The normalized spacial score (nSPS) is 21.0. The number of nitrogens with one attached hydrogen (secondary N) is 1. The molecule has 1 saturated carbocycles. The molecule has 0 unspecified atom stereocenters. The van der Waals surface area contributed by atoms with Gasteiger partial charge in [0, 0.05) is 23.8 Å². The van der Waals surface area contributed by atoms with Gasteiger partial charge < -0.3 is 10.2 Å². The number of nitrogens with zero attached hydrogens (tertiary/aromatic N) is 1. The summed E-state index contributed by atoms with van der Waals surface area (Å²) in [4.78, 5) is 15.5. The monoisotopic (exact) mass is 376 g/mol. The van der Waals surface area contributed by atoms with Crippen molar-refractivity contribution in [3.8, 4) is 0 Å². The molecule has 0 radical (unpaired) electrons. The minimum Gasteiger partial charge on any atom is -0.373 e. The van der Waals surface area contributed by atoms with E-state index in [1.165, 1.54) is 19.3 Å². The number of likely N-dealkylation sites (tertiary alicyclic amines) is 1. The fourth-order valence-corrected chi connectivity index (χ4v) is 4.68. The smallest absolute Gasteiger partial charge is 0.245 e. The van der Waals surface area contributed by atoms with Crippen molar-refractivity contribution in [3.63, 3.8) is 0 Å². The lowest BCUT2D eigenvalue weighted by molar-refractivity contribution is -0.135. The van der Waals surface area contributed by atoms with Crippen LogP contribution in [0.2, 0.25) is 5.02 Å². The maximum absolute atomic E-state index is 13.4. The van der Waals surface area contributed by atoms with Crippen LogP contribution in [0.5, 0.6) is 0 Å². The van der Waals surface area contributed by atoms with Gasteiger partial charge >= 0.3 is 0 Å². The molecular formula is C22H33ClN2O. The average Bonchev–Trinajstić information content (AvgIpc) is 2.68. The van der Waals surface area contributed by atoms with Gasteiger partial charge in [-0.15, -0.1) is 0 Å². The second-order valence-corrected chi connectivity index (χ2v) is 8.87. The minimum atomic E-state index is -0.105. The van der Waals surface area contributed by atoms with Gasteiger partial charge in [0.25, 0.3) is 0 Å². The van der Waals surface area contributed by atoms with Crippen LogP contribution in [0.4, 0.5) is 5.69 Å². The average molecular weight is 377 g/mol. The number of piperidine rings is 1. The molecule has 1 N–H and O–H groups in total. The lowest BCUT2D eigenvalue weighted by atomic mass is 9.82. The lowest BCUT2D eigenvalue weighted by Gasteiger charge is -2.38. The van der Waals surface area contributed by atoms with E-state index in [0.717, 1.165) is 55.4 Å². The number of carbonyl (C=O) groups is 1. The predicted molar refractivity (Wildman–Crippen MR) is 110 cm³/mol. The summed E-state index contributed by atoms with van der Waals surface area (Å²) in [5, 5.41) is 4.29. The van der Waals surface area contributed by atoms with E-state index in [0.29, 0.717) is 17.7 Å². The molecular weight excluding hydrogens is 344 g/mol. The molecule has 0 bridgehead atoms. The molecule has 3 nitrogen and oxygen atoms in total. The Morgan fingerprint density at radius 1 is 1.00 bits per heavy atom. The molecule has 1 aliphatic carbocycles. The van der Waals surface area contributed by atoms with Crippen LogP contribution in [0.25, 0.3) is 0 Å². The third-order valence-corrected chi connectivity index (χ3v) is 6.60. The summed E-state index contributed by atoms with van der Waals surface area (Å²) in [6.45, 7) is 6.42. The largest absolute Gasteiger partial charge is 0.373 e. The molecule has 26 heavy (non-hydrogen) atoms. The molecule has 1 aliphatic heterocycles. The summed E-state index contributed by atoms with van der Waals surface area (Å²) in [6, 6.07) is 7.64. The second kappa shape index (κ2) is 9.12. The summed E-state index contributed by atoms with van der Waals surface area (Å²) < 4.78 is 0. The van der Waals surface area contributed by atoms with Crippen molar-refractivity contribution in [2.24, 2.45) is 17.8 Å². The van der Waals surface area contributed by atoms with Crippen LogP contribution in [0.3, 0.4) is 0 Å². The van der Waals surface area contributed by atoms with E-state index in [4.69, 9.17) is 11.6 Å². The fourth-order valence-electron chi connectivity index (χ4n) is 4.56. The molecule has 144 valence electrons.